The minimum atomic E-state index is -0.899. The van der Waals surface area contributed by atoms with Gasteiger partial charge in [-0.2, -0.15) is 0 Å². The highest BCUT2D eigenvalue weighted by Gasteiger charge is 2.16. The minimum Gasteiger partial charge on any atom is -0.481 e. The molecule has 0 saturated heterocycles. The first-order valence-electron chi connectivity index (χ1n) is 7.60. The molecule has 1 unspecified atom stereocenters. The van der Waals surface area contributed by atoms with Crippen molar-refractivity contribution >= 4 is 11.8 Å². The van der Waals surface area contributed by atoms with Crippen LogP contribution in [0, 0.1) is 0 Å². The molecule has 4 nitrogen and oxygen atoms in total. The highest BCUT2D eigenvalue weighted by molar-refractivity contribution is 6.09. The average Bonchev–Trinajstić information content (AvgIpc) is 3.21. The molecule has 3 aromatic rings. The molecule has 0 fully saturated rings. The van der Waals surface area contributed by atoms with Crippen molar-refractivity contribution in [2.75, 3.05) is 0 Å². The van der Waals surface area contributed by atoms with Crippen LogP contribution in [0.2, 0.25) is 0 Å². The molecule has 122 valence electrons. The fourth-order valence-corrected chi connectivity index (χ4v) is 2.13. The molecule has 0 bridgehead atoms. The van der Waals surface area contributed by atoms with Crippen molar-refractivity contribution in [1.82, 2.24) is 4.98 Å². The molecule has 3 rings (SSSR count). The second kappa shape index (κ2) is 8.48. The summed E-state index contributed by atoms with van der Waals surface area (Å²) in [6.07, 6.45) is 3.75. The number of hydrogen-bond donors (Lipinski definition) is 2. The summed E-state index contributed by atoms with van der Waals surface area (Å²) >= 11 is 0. The summed E-state index contributed by atoms with van der Waals surface area (Å²) in [7, 11) is 0. The van der Waals surface area contributed by atoms with Gasteiger partial charge in [-0.05, 0) is 30.7 Å². The fraction of sp³-hybridized carbons (Fsp3) is 0.100. The normalized spacial score (nSPS) is 11.0. The van der Waals surface area contributed by atoms with Gasteiger partial charge in [0, 0.05) is 23.5 Å². The summed E-state index contributed by atoms with van der Waals surface area (Å²) in [5, 5.41) is 9.00. The topological polar surface area (TPSA) is 70.2 Å². The number of hydrogen-bond acceptors (Lipinski definition) is 2. The number of carbonyl (C=O) groups excluding carboxylic acids is 1. The summed E-state index contributed by atoms with van der Waals surface area (Å²) in [5.41, 5.74) is 1.74. The number of aliphatic carboxylic acids is 1. The number of benzene rings is 2. The van der Waals surface area contributed by atoms with Crippen molar-refractivity contribution in [3.8, 4) is 0 Å². The number of carboxylic acid groups (broad SMARTS) is 1. The molecule has 24 heavy (non-hydrogen) atoms. The molecule has 0 saturated carbocycles. The van der Waals surface area contributed by atoms with Crippen LogP contribution in [0.5, 0.6) is 0 Å². The Morgan fingerprint density at radius 1 is 0.875 bits per heavy atom. The van der Waals surface area contributed by atoms with Gasteiger partial charge >= 0.3 is 5.97 Å². The zero-order valence-corrected chi connectivity index (χ0v) is 13.3. The standard InChI is InChI=1S/C16H14O3.C4H5N/c1-11(16(18)19)13-8-5-9-14(10-13)15(17)12-6-3-2-4-7-12;1-2-4-5-3-1/h2-11H,1H3,(H,18,19);1-5H. The van der Waals surface area contributed by atoms with Gasteiger partial charge in [-0.3, -0.25) is 9.59 Å². The summed E-state index contributed by atoms with van der Waals surface area (Å²) in [6, 6.07) is 19.6. The van der Waals surface area contributed by atoms with E-state index in [1.807, 2.05) is 30.6 Å². The molecule has 1 aromatic heterocycles. The van der Waals surface area contributed by atoms with E-state index in [0.29, 0.717) is 16.7 Å². The molecule has 0 aliphatic rings. The van der Waals surface area contributed by atoms with Crippen LogP contribution in [0.15, 0.2) is 79.1 Å². The van der Waals surface area contributed by atoms with Gasteiger partial charge in [0.1, 0.15) is 0 Å². The maximum absolute atomic E-state index is 12.2. The van der Waals surface area contributed by atoms with Crippen molar-refractivity contribution < 1.29 is 14.7 Å². The number of rotatable bonds is 4. The molecule has 2 N–H and O–H groups in total. The average molecular weight is 321 g/mol. The monoisotopic (exact) mass is 321 g/mol. The molecule has 1 atom stereocenters. The van der Waals surface area contributed by atoms with Crippen molar-refractivity contribution in [2.45, 2.75) is 12.8 Å². The van der Waals surface area contributed by atoms with Crippen molar-refractivity contribution in [3.05, 3.63) is 95.8 Å². The molecule has 0 amide bonds. The third kappa shape index (κ3) is 4.68. The Hall–Kier alpha value is -3.14. The van der Waals surface area contributed by atoms with Gasteiger partial charge in [0.2, 0.25) is 0 Å². The second-order valence-electron chi connectivity index (χ2n) is 5.27. The number of carboxylic acids is 1. The number of aromatic amines is 1. The first kappa shape index (κ1) is 17.2. The highest BCUT2D eigenvalue weighted by atomic mass is 16.4. The molecule has 0 radical (unpaired) electrons. The quantitative estimate of drug-likeness (QED) is 0.710. The SMILES string of the molecule is CC(C(=O)O)c1cccc(C(=O)c2ccccc2)c1.c1cc[nH]c1. The molecule has 0 spiro atoms. The van der Waals surface area contributed by atoms with Gasteiger partial charge < -0.3 is 10.1 Å². The predicted molar refractivity (Wildman–Crippen MR) is 93.2 cm³/mol. The Bertz CT molecular complexity index is 762. The van der Waals surface area contributed by atoms with Gasteiger partial charge in [0.05, 0.1) is 5.92 Å². The van der Waals surface area contributed by atoms with E-state index >= 15 is 0 Å². The summed E-state index contributed by atoms with van der Waals surface area (Å²) in [5.74, 6) is -1.62. The highest BCUT2D eigenvalue weighted by Crippen LogP contribution is 2.18. The lowest BCUT2D eigenvalue weighted by atomic mass is 9.96. The van der Waals surface area contributed by atoms with Crippen LogP contribution in [0.1, 0.15) is 34.3 Å². The van der Waals surface area contributed by atoms with Crippen molar-refractivity contribution in [3.63, 3.8) is 0 Å². The van der Waals surface area contributed by atoms with Crippen LogP contribution in [0.3, 0.4) is 0 Å². The van der Waals surface area contributed by atoms with E-state index in [0.717, 1.165) is 0 Å². The third-order valence-corrected chi connectivity index (χ3v) is 3.55. The van der Waals surface area contributed by atoms with E-state index in [9.17, 15) is 9.59 Å². The molecule has 4 heteroatoms. The number of H-pyrrole nitrogens is 1. The van der Waals surface area contributed by atoms with Gasteiger partial charge in [0.25, 0.3) is 0 Å². The maximum Gasteiger partial charge on any atom is 0.310 e. The van der Waals surface area contributed by atoms with Gasteiger partial charge in [-0.1, -0.05) is 48.5 Å². The minimum absolute atomic E-state index is 0.0972. The summed E-state index contributed by atoms with van der Waals surface area (Å²) < 4.78 is 0. The lowest BCUT2D eigenvalue weighted by Gasteiger charge is -2.08. The molecule has 0 aliphatic heterocycles. The van der Waals surface area contributed by atoms with Gasteiger partial charge in [-0.25, -0.2) is 0 Å². The van der Waals surface area contributed by atoms with Crippen LogP contribution < -0.4 is 0 Å². The Morgan fingerprint density at radius 3 is 2.04 bits per heavy atom. The first-order valence-corrected chi connectivity index (χ1v) is 7.60. The number of nitrogens with one attached hydrogen (secondary N) is 1. The Labute approximate surface area is 140 Å². The Balaban J connectivity index is 0.000000355. The summed E-state index contributed by atoms with van der Waals surface area (Å²) in [6.45, 7) is 1.61. The fourth-order valence-electron chi connectivity index (χ4n) is 2.13. The number of aromatic nitrogens is 1. The van der Waals surface area contributed by atoms with Gasteiger partial charge in [-0.15, -0.1) is 0 Å². The molecular formula is C20H19NO3. The second-order valence-corrected chi connectivity index (χ2v) is 5.27. The Kier molecular flexibility index (Phi) is 6.08. The molecule has 0 aliphatic carbocycles. The molecular weight excluding hydrogens is 302 g/mol. The first-order chi connectivity index (χ1) is 11.6. The van der Waals surface area contributed by atoms with Crippen LogP contribution in [-0.2, 0) is 4.79 Å². The molecule has 1 heterocycles. The third-order valence-electron chi connectivity index (χ3n) is 3.55. The van der Waals surface area contributed by atoms with Crippen LogP contribution in [0.4, 0.5) is 0 Å². The Morgan fingerprint density at radius 2 is 1.50 bits per heavy atom. The van der Waals surface area contributed by atoms with Gasteiger partial charge in [0.15, 0.2) is 5.78 Å². The van der Waals surface area contributed by atoms with Crippen LogP contribution in [-0.4, -0.2) is 21.8 Å². The number of ketones is 1. The molecule has 2 aromatic carbocycles. The smallest absolute Gasteiger partial charge is 0.310 e. The predicted octanol–water partition coefficient (Wildman–Crippen LogP) is 4.12. The maximum atomic E-state index is 12.2. The zero-order valence-electron chi connectivity index (χ0n) is 13.3. The van der Waals surface area contributed by atoms with E-state index in [2.05, 4.69) is 4.98 Å². The van der Waals surface area contributed by atoms with E-state index in [-0.39, 0.29) is 5.78 Å². The van der Waals surface area contributed by atoms with E-state index < -0.39 is 11.9 Å². The van der Waals surface area contributed by atoms with E-state index in [4.69, 9.17) is 5.11 Å². The number of carbonyl (C=O) groups is 2. The van der Waals surface area contributed by atoms with E-state index in [1.54, 1.807) is 55.5 Å². The lowest BCUT2D eigenvalue weighted by molar-refractivity contribution is -0.138. The largest absolute Gasteiger partial charge is 0.481 e. The summed E-state index contributed by atoms with van der Waals surface area (Å²) in [4.78, 5) is 26.1. The van der Waals surface area contributed by atoms with Crippen molar-refractivity contribution in [2.24, 2.45) is 0 Å². The van der Waals surface area contributed by atoms with Crippen LogP contribution >= 0.6 is 0 Å². The zero-order chi connectivity index (χ0) is 17.4. The van der Waals surface area contributed by atoms with Crippen molar-refractivity contribution in [1.29, 1.82) is 0 Å². The van der Waals surface area contributed by atoms with E-state index in [1.165, 1.54) is 0 Å². The lowest BCUT2D eigenvalue weighted by Crippen LogP contribution is -2.09. The van der Waals surface area contributed by atoms with Crippen LogP contribution in [0.25, 0.3) is 0 Å².